The molecule has 0 bridgehead atoms. The Morgan fingerprint density at radius 1 is 1.22 bits per heavy atom. The van der Waals surface area contributed by atoms with Crippen LogP contribution < -0.4 is 5.32 Å². The predicted octanol–water partition coefficient (Wildman–Crippen LogP) is 2.88. The standard InChI is InChI=1S/C15H18N2S/c1-11-2-4-12(5-3-11)6-7-15-17-13-8-9-16-10-14(13)18-15/h2-5,16H,6-10H2,1H3. The number of hydrogen-bond acceptors (Lipinski definition) is 3. The second-order valence-corrected chi connectivity index (χ2v) is 6.06. The molecule has 2 aromatic rings. The second kappa shape index (κ2) is 5.21. The maximum atomic E-state index is 4.76. The van der Waals surface area contributed by atoms with Crippen LogP contribution in [0.25, 0.3) is 0 Å². The lowest BCUT2D eigenvalue weighted by atomic mass is 10.1. The molecule has 0 aliphatic carbocycles. The predicted molar refractivity (Wildman–Crippen MR) is 76.1 cm³/mol. The molecule has 0 atom stereocenters. The van der Waals surface area contributed by atoms with Crippen molar-refractivity contribution in [3.63, 3.8) is 0 Å². The minimum Gasteiger partial charge on any atom is -0.311 e. The minimum absolute atomic E-state index is 1.01. The number of benzene rings is 1. The van der Waals surface area contributed by atoms with Gasteiger partial charge in [0.2, 0.25) is 0 Å². The van der Waals surface area contributed by atoms with Gasteiger partial charge in [0, 0.05) is 30.8 Å². The van der Waals surface area contributed by atoms with Crippen molar-refractivity contribution in [1.82, 2.24) is 10.3 Å². The second-order valence-electron chi connectivity index (χ2n) is 4.89. The van der Waals surface area contributed by atoms with E-state index in [2.05, 4.69) is 36.5 Å². The van der Waals surface area contributed by atoms with E-state index in [9.17, 15) is 0 Å². The van der Waals surface area contributed by atoms with Crippen LogP contribution in [0, 0.1) is 6.92 Å². The van der Waals surface area contributed by atoms with Crippen molar-refractivity contribution in [2.45, 2.75) is 32.7 Å². The van der Waals surface area contributed by atoms with Crippen LogP contribution in [0.5, 0.6) is 0 Å². The smallest absolute Gasteiger partial charge is 0.0934 e. The van der Waals surface area contributed by atoms with Crippen molar-refractivity contribution in [3.8, 4) is 0 Å². The highest BCUT2D eigenvalue weighted by molar-refractivity contribution is 7.11. The number of aryl methyl sites for hydroxylation is 3. The van der Waals surface area contributed by atoms with Crippen molar-refractivity contribution in [1.29, 1.82) is 0 Å². The van der Waals surface area contributed by atoms with Crippen LogP contribution in [-0.2, 0) is 25.8 Å². The van der Waals surface area contributed by atoms with Crippen LogP contribution in [0.3, 0.4) is 0 Å². The topological polar surface area (TPSA) is 24.9 Å². The Balaban J connectivity index is 1.66. The van der Waals surface area contributed by atoms with Gasteiger partial charge in [-0.2, -0.15) is 0 Å². The van der Waals surface area contributed by atoms with E-state index in [0.29, 0.717) is 0 Å². The van der Waals surface area contributed by atoms with Crippen LogP contribution in [-0.4, -0.2) is 11.5 Å². The quantitative estimate of drug-likeness (QED) is 0.915. The van der Waals surface area contributed by atoms with Gasteiger partial charge < -0.3 is 5.32 Å². The van der Waals surface area contributed by atoms with Gasteiger partial charge in [0.15, 0.2) is 0 Å². The molecule has 0 radical (unpaired) electrons. The summed E-state index contributed by atoms with van der Waals surface area (Å²) in [6.07, 6.45) is 3.26. The highest BCUT2D eigenvalue weighted by Gasteiger charge is 2.14. The first kappa shape index (κ1) is 11.9. The fourth-order valence-electron chi connectivity index (χ4n) is 2.29. The zero-order valence-corrected chi connectivity index (χ0v) is 11.5. The molecule has 3 rings (SSSR count). The van der Waals surface area contributed by atoms with Crippen LogP contribution in [0.2, 0.25) is 0 Å². The number of rotatable bonds is 3. The van der Waals surface area contributed by atoms with E-state index in [1.165, 1.54) is 26.7 Å². The first-order valence-corrected chi connectivity index (χ1v) is 7.36. The van der Waals surface area contributed by atoms with Gasteiger partial charge in [-0.15, -0.1) is 11.3 Å². The Morgan fingerprint density at radius 3 is 2.83 bits per heavy atom. The number of nitrogens with zero attached hydrogens (tertiary/aromatic N) is 1. The van der Waals surface area contributed by atoms with Gasteiger partial charge in [-0.1, -0.05) is 29.8 Å². The molecular formula is C15H18N2S. The first-order valence-electron chi connectivity index (χ1n) is 6.55. The molecule has 18 heavy (non-hydrogen) atoms. The number of nitrogens with one attached hydrogen (secondary N) is 1. The molecule has 0 amide bonds. The Kier molecular flexibility index (Phi) is 3.43. The lowest BCUT2D eigenvalue weighted by Crippen LogP contribution is -2.22. The average Bonchev–Trinajstić information content (AvgIpc) is 2.81. The zero-order valence-electron chi connectivity index (χ0n) is 10.7. The summed E-state index contributed by atoms with van der Waals surface area (Å²) >= 11 is 1.88. The van der Waals surface area contributed by atoms with Crippen molar-refractivity contribution in [2.24, 2.45) is 0 Å². The number of thiazole rings is 1. The molecule has 0 unspecified atom stereocenters. The molecule has 1 N–H and O–H groups in total. The van der Waals surface area contributed by atoms with E-state index in [-0.39, 0.29) is 0 Å². The minimum atomic E-state index is 1.01. The summed E-state index contributed by atoms with van der Waals surface area (Å²) in [4.78, 5) is 6.21. The Morgan fingerprint density at radius 2 is 2.06 bits per heavy atom. The van der Waals surface area contributed by atoms with E-state index in [1.54, 1.807) is 0 Å². The molecule has 1 aliphatic heterocycles. The molecule has 0 saturated carbocycles. The summed E-state index contributed by atoms with van der Waals surface area (Å²) < 4.78 is 0. The Hall–Kier alpha value is -1.19. The summed E-state index contributed by atoms with van der Waals surface area (Å²) in [5.74, 6) is 0. The molecule has 2 heterocycles. The van der Waals surface area contributed by atoms with Gasteiger partial charge in [0.25, 0.3) is 0 Å². The molecule has 0 saturated heterocycles. The van der Waals surface area contributed by atoms with E-state index in [1.807, 2.05) is 11.3 Å². The summed E-state index contributed by atoms with van der Waals surface area (Å²) in [6.45, 7) is 4.22. The van der Waals surface area contributed by atoms with Crippen molar-refractivity contribution in [2.75, 3.05) is 6.54 Å². The normalized spacial score (nSPS) is 14.5. The number of hydrogen-bond donors (Lipinski definition) is 1. The molecular weight excluding hydrogens is 240 g/mol. The Labute approximate surface area is 112 Å². The summed E-state index contributed by atoms with van der Waals surface area (Å²) in [5.41, 5.74) is 4.07. The molecule has 1 aromatic heterocycles. The van der Waals surface area contributed by atoms with Crippen molar-refractivity contribution in [3.05, 3.63) is 51.0 Å². The maximum Gasteiger partial charge on any atom is 0.0934 e. The lowest BCUT2D eigenvalue weighted by Gasteiger charge is -2.09. The van der Waals surface area contributed by atoms with Crippen LogP contribution in [0.4, 0.5) is 0 Å². The van der Waals surface area contributed by atoms with Crippen LogP contribution in [0.15, 0.2) is 24.3 Å². The Bertz CT molecular complexity index is 504. The third-order valence-corrected chi connectivity index (χ3v) is 4.55. The molecule has 0 fully saturated rings. The third-order valence-electron chi connectivity index (χ3n) is 3.39. The van der Waals surface area contributed by atoms with Gasteiger partial charge in [-0.3, -0.25) is 0 Å². The summed E-state index contributed by atoms with van der Waals surface area (Å²) in [7, 11) is 0. The summed E-state index contributed by atoms with van der Waals surface area (Å²) in [5, 5.41) is 4.70. The van der Waals surface area contributed by atoms with Gasteiger partial charge >= 0.3 is 0 Å². The van der Waals surface area contributed by atoms with Crippen molar-refractivity contribution < 1.29 is 0 Å². The van der Waals surface area contributed by atoms with Gasteiger partial charge in [0.05, 0.1) is 10.7 Å². The lowest BCUT2D eigenvalue weighted by molar-refractivity contribution is 0.642. The number of fused-ring (bicyclic) bond motifs is 1. The summed E-state index contributed by atoms with van der Waals surface area (Å²) in [6, 6.07) is 8.83. The monoisotopic (exact) mass is 258 g/mol. The number of aromatic nitrogens is 1. The van der Waals surface area contributed by atoms with Gasteiger partial charge in [0.1, 0.15) is 0 Å². The molecule has 94 valence electrons. The first-order chi connectivity index (χ1) is 8.81. The largest absolute Gasteiger partial charge is 0.311 e. The van der Waals surface area contributed by atoms with E-state index < -0.39 is 0 Å². The highest BCUT2D eigenvalue weighted by atomic mass is 32.1. The van der Waals surface area contributed by atoms with Gasteiger partial charge in [-0.05, 0) is 18.9 Å². The molecule has 0 spiro atoms. The maximum absolute atomic E-state index is 4.76. The van der Waals surface area contributed by atoms with E-state index in [0.717, 1.165) is 32.4 Å². The molecule has 1 aromatic carbocycles. The van der Waals surface area contributed by atoms with Crippen molar-refractivity contribution >= 4 is 11.3 Å². The van der Waals surface area contributed by atoms with E-state index >= 15 is 0 Å². The third kappa shape index (κ3) is 2.62. The van der Waals surface area contributed by atoms with Gasteiger partial charge in [-0.25, -0.2) is 4.98 Å². The van der Waals surface area contributed by atoms with Crippen LogP contribution >= 0.6 is 11.3 Å². The highest BCUT2D eigenvalue weighted by Crippen LogP contribution is 2.22. The van der Waals surface area contributed by atoms with Crippen LogP contribution in [0.1, 0.15) is 26.7 Å². The molecule has 2 nitrogen and oxygen atoms in total. The fourth-order valence-corrected chi connectivity index (χ4v) is 3.38. The zero-order chi connectivity index (χ0) is 12.4. The SMILES string of the molecule is Cc1ccc(CCc2nc3c(s2)CNCC3)cc1. The van der Waals surface area contributed by atoms with E-state index in [4.69, 9.17) is 4.98 Å². The fraction of sp³-hybridized carbons (Fsp3) is 0.400. The molecule has 3 heteroatoms. The molecule has 1 aliphatic rings. The average molecular weight is 258 g/mol.